The van der Waals surface area contributed by atoms with Crippen LogP contribution in [0.15, 0.2) is 36.5 Å². The third-order valence-corrected chi connectivity index (χ3v) is 6.67. The summed E-state index contributed by atoms with van der Waals surface area (Å²) in [6.45, 7) is 11.4. The molecule has 0 saturated carbocycles. The molecule has 0 atom stereocenters. The van der Waals surface area contributed by atoms with Gasteiger partial charge in [-0.25, -0.2) is 0 Å². The van der Waals surface area contributed by atoms with Crippen LogP contribution in [0.3, 0.4) is 0 Å². The molecule has 0 fully saturated rings. The fourth-order valence-electron chi connectivity index (χ4n) is 2.53. The Morgan fingerprint density at radius 1 is 0.577 bits per heavy atom. The van der Waals surface area contributed by atoms with Crippen molar-refractivity contribution in [3.8, 4) is 0 Å². The fourth-order valence-corrected chi connectivity index (χ4v) is 2.79. The molecule has 0 aromatic heterocycles. The molecule has 0 aliphatic carbocycles. The first-order valence-electron chi connectivity index (χ1n) is 9.56. The lowest BCUT2D eigenvalue weighted by Crippen LogP contribution is -2.56. The van der Waals surface area contributed by atoms with E-state index in [2.05, 4.69) is 80.2 Å². The summed E-state index contributed by atoms with van der Waals surface area (Å²) in [5.41, 5.74) is 0.340. The number of likely N-dealkylation sites (N-methyl/N-ethyl adjacent to an activating group) is 2. The third-order valence-electron chi connectivity index (χ3n) is 6.31. The normalized spacial score (nSPS) is 15.0. The molecule has 0 rings (SSSR count). The molecule has 0 aromatic carbocycles. The zero-order chi connectivity index (χ0) is 20.5. The molecule has 0 radical (unpaired) electrons. The minimum absolute atomic E-state index is 0.170. The van der Waals surface area contributed by atoms with Gasteiger partial charge in [-0.15, -0.1) is 23.2 Å². The minimum Gasteiger partial charge on any atom is -0.321 e. The maximum Gasteiger partial charge on any atom is 0.0974 e. The summed E-state index contributed by atoms with van der Waals surface area (Å²) < 4.78 is 1.89. The van der Waals surface area contributed by atoms with Crippen molar-refractivity contribution in [2.75, 3.05) is 53.0 Å². The summed E-state index contributed by atoms with van der Waals surface area (Å²) in [5, 5.41) is 0. The van der Waals surface area contributed by atoms with Gasteiger partial charge in [0.1, 0.15) is 0 Å². The zero-order valence-corrected chi connectivity index (χ0v) is 19.9. The lowest BCUT2D eigenvalue weighted by Gasteiger charge is -2.44. The van der Waals surface area contributed by atoms with E-state index < -0.39 is 0 Å². The first-order valence-corrected chi connectivity index (χ1v) is 10.6. The van der Waals surface area contributed by atoms with E-state index in [0.717, 1.165) is 34.9 Å². The van der Waals surface area contributed by atoms with E-state index in [9.17, 15) is 0 Å². The fraction of sp³-hybridized carbons (Fsp3) is 0.727. The highest BCUT2D eigenvalue weighted by molar-refractivity contribution is 6.19. The van der Waals surface area contributed by atoms with Gasteiger partial charge in [-0.3, -0.25) is 0 Å². The van der Waals surface area contributed by atoms with Crippen molar-refractivity contribution in [2.24, 2.45) is 0 Å². The van der Waals surface area contributed by atoms with E-state index in [4.69, 9.17) is 23.2 Å². The summed E-state index contributed by atoms with van der Waals surface area (Å²) in [7, 11) is 9.19. The Morgan fingerprint density at radius 3 is 1.27 bits per heavy atom. The monoisotopic (exact) mass is 404 g/mol. The summed E-state index contributed by atoms with van der Waals surface area (Å²) >= 11 is 11.5. The van der Waals surface area contributed by atoms with Crippen molar-refractivity contribution >= 4 is 23.2 Å². The summed E-state index contributed by atoms with van der Waals surface area (Å²) in [6, 6.07) is 0. The predicted octanol–water partition coefficient (Wildman–Crippen LogP) is 5.62. The molecule has 0 heterocycles. The Morgan fingerprint density at radius 2 is 0.885 bits per heavy atom. The van der Waals surface area contributed by atoms with Gasteiger partial charge < -0.3 is 8.97 Å². The lowest BCUT2D eigenvalue weighted by molar-refractivity contribution is -0.933. The molecule has 26 heavy (non-hydrogen) atoms. The van der Waals surface area contributed by atoms with Crippen LogP contribution in [-0.2, 0) is 0 Å². The Bertz CT molecular complexity index is 442. The second-order valence-electron chi connectivity index (χ2n) is 9.49. The highest BCUT2D eigenvalue weighted by atomic mass is 35.5. The van der Waals surface area contributed by atoms with E-state index in [1.54, 1.807) is 0 Å². The minimum atomic E-state index is 0.170. The number of rotatable bonds is 12. The molecule has 0 amide bonds. The Labute approximate surface area is 173 Å². The Balaban J connectivity index is 4.81. The maximum absolute atomic E-state index is 5.75. The summed E-state index contributed by atoms with van der Waals surface area (Å²) in [4.78, 5) is 0. The number of allylic oxidation sites excluding steroid dienone is 2. The predicted molar refractivity (Wildman–Crippen MR) is 120 cm³/mol. The number of hydrogen-bond acceptors (Lipinski definition) is 0. The molecule has 152 valence electrons. The van der Waals surface area contributed by atoms with Gasteiger partial charge in [-0.2, -0.15) is 0 Å². The van der Waals surface area contributed by atoms with Crippen LogP contribution in [0.1, 0.15) is 40.5 Å². The number of nitrogens with zero attached hydrogens (tertiary/aromatic N) is 2. The quantitative estimate of drug-likeness (QED) is 0.224. The topological polar surface area (TPSA) is 0 Å². The van der Waals surface area contributed by atoms with E-state index in [1.165, 1.54) is 0 Å². The van der Waals surface area contributed by atoms with Crippen LogP contribution >= 0.6 is 23.2 Å². The molecule has 0 unspecified atom stereocenters. The van der Waals surface area contributed by atoms with Gasteiger partial charge in [0.2, 0.25) is 0 Å². The van der Waals surface area contributed by atoms with Crippen molar-refractivity contribution in [3.05, 3.63) is 36.5 Å². The molecule has 0 bridgehead atoms. The number of halogens is 2. The highest BCUT2D eigenvalue weighted by Gasteiger charge is 2.36. The van der Waals surface area contributed by atoms with Crippen LogP contribution < -0.4 is 0 Å². The highest BCUT2D eigenvalue weighted by Crippen LogP contribution is 2.26. The standard InChI is InChI=1S/C22H42Cl2N2/c1-21(2,15-9-11-17-23)25(5,6)19-13-10-16-22(3,4)26(7,8)20-14-12-18-24/h9-14H,15-20H2,1-8H3/q+2. The van der Waals surface area contributed by atoms with Crippen LogP contribution in [0.25, 0.3) is 0 Å². The van der Waals surface area contributed by atoms with Gasteiger partial charge >= 0.3 is 0 Å². The van der Waals surface area contributed by atoms with E-state index in [1.807, 2.05) is 12.2 Å². The first kappa shape index (κ1) is 25.7. The molecule has 0 N–H and O–H groups in total. The molecule has 0 aliphatic heterocycles. The van der Waals surface area contributed by atoms with Crippen molar-refractivity contribution < 1.29 is 8.97 Å². The second-order valence-corrected chi connectivity index (χ2v) is 10.1. The van der Waals surface area contributed by atoms with E-state index in [0.29, 0.717) is 11.8 Å². The van der Waals surface area contributed by atoms with Crippen molar-refractivity contribution in [2.45, 2.75) is 51.6 Å². The third kappa shape index (κ3) is 8.17. The second kappa shape index (κ2) is 10.9. The van der Waals surface area contributed by atoms with Crippen molar-refractivity contribution in [3.63, 3.8) is 0 Å². The van der Waals surface area contributed by atoms with Gasteiger partial charge in [0.15, 0.2) is 0 Å². The van der Waals surface area contributed by atoms with Gasteiger partial charge in [-0.1, -0.05) is 24.3 Å². The number of hydrogen-bond donors (Lipinski definition) is 0. The smallest absolute Gasteiger partial charge is 0.0974 e. The molecule has 0 aliphatic rings. The first-order chi connectivity index (χ1) is 11.8. The van der Waals surface area contributed by atoms with Crippen LogP contribution in [-0.4, -0.2) is 73.1 Å². The molecule has 0 spiro atoms. The van der Waals surface area contributed by atoms with Gasteiger partial charge in [0.25, 0.3) is 0 Å². The van der Waals surface area contributed by atoms with Crippen molar-refractivity contribution in [1.29, 1.82) is 0 Å². The van der Waals surface area contributed by atoms with Crippen molar-refractivity contribution in [1.82, 2.24) is 0 Å². The Hall–Kier alpha value is -0.280. The summed E-state index contributed by atoms with van der Waals surface area (Å²) in [5.74, 6) is 1.18. The van der Waals surface area contributed by atoms with E-state index >= 15 is 0 Å². The molecular weight excluding hydrogens is 363 g/mol. The number of quaternary nitrogens is 2. The van der Waals surface area contributed by atoms with Crippen LogP contribution in [0, 0.1) is 0 Å². The van der Waals surface area contributed by atoms with Crippen LogP contribution in [0.4, 0.5) is 0 Å². The Kier molecular flexibility index (Phi) is 10.8. The van der Waals surface area contributed by atoms with Crippen LogP contribution in [0.5, 0.6) is 0 Å². The largest absolute Gasteiger partial charge is 0.321 e. The van der Waals surface area contributed by atoms with Gasteiger partial charge in [0, 0.05) is 24.6 Å². The van der Waals surface area contributed by atoms with E-state index in [-0.39, 0.29) is 11.1 Å². The number of alkyl halides is 2. The van der Waals surface area contributed by atoms with Gasteiger partial charge in [-0.05, 0) is 39.8 Å². The summed E-state index contributed by atoms with van der Waals surface area (Å²) in [6.07, 6.45) is 15.3. The lowest BCUT2D eigenvalue weighted by atomic mass is 9.94. The molecule has 0 aromatic rings. The molecule has 4 heteroatoms. The average molecular weight is 405 g/mol. The maximum atomic E-state index is 5.75. The van der Waals surface area contributed by atoms with Gasteiger partial charge in [0.05, 0.1) is 52.4 Å². The molecular formula is C22H42Cl2N2+2. The molecule has 2 nitrogen and oxygen atoms in total. The SMILES string of the molecule is CC(C)(CC=CC[N+](C)(C)C(C)(C)CC=CCCl)[N+](C)(C)CC=CCCl. The van der Waals surface area contributed by atoms with Crippen LogP contribution in [0.2, 0.25) is 0 Å². The zero-order valence-electron chi connectivity index (χ0n) is 18.4. The molecule has 0 saturated heterocycles. The average Bonchev–Trinajstić information content (AvgIpc) is 2.51.